The van der Waals surface area contributed by atoms with E-state index in [1.165, 1.54) is 0 Å². The molecule has 1 heterocycles. The maximum Gasteiger partial charge on any atom is 0.323 e. The molecule has 1 fully saturated rings. The summed E-state index contributed by atoms with van der Waals surface area (Å²) < 4.78 is 0. The fourth-order valence-electron chi connectivity index (χ4n) is 2.82. The number of amides is 3. The van der Waals surface area contributed by atoms with Crippen molar-refractivity contribution < 1.29 is 9.59 Å². The van der Waals surface area contributed by atoms with Crippen molar-refractivity contribution in [1.82, 2.24) is 10.2 Å². The lowest BCUT2D eigenvalue weighted by Crippen LogP contribution is -2.52. The zero-order chi connectivity index (χ0) is 17.6. The zero-order valence-corrected chi connectivity index (χ0v) is 14.2. The van der Waals surface area contributed by atoms with Crippen LogP contribution in [0, 0.1) is 0 Å². The topological polar surface area (TPSA) is 73.5 Å². The van der Waals surface area contributed by atoms with E-state index in [0.29, 0.717) is 17.8 Å². The van der Waals surface area contributed by atoms with Crippen LogP contribution in [-0.4, -0.2) is 42.5 Å². The average molecular weight is 338 g/mol. The Kier molecular flexibility index (Phi) is 5.30. The maximum absolute atomic E-state index is 12.6. The highest BCUT2D eigenvalue weighted by molar-refractivity contribution is 6.00. The van der Waals surface area contributed by atoms with E-state index in [0.717, 1.165) is 18.8 Å². The van der Waals surface area contributed by atoms with Crippen LogP contribution in [0.2, 0.25) is 0 Å². The molecule has 2 aromatic rings. The number of para-hydroxylation sites is 1. The fraction of sp³-hybridized carbons (Fsp3) is 0.263. The second kappa shape index (κ2) is 7.81. The Morgan fingerprint density at radius 3 is 2.28 bits per heavy atom. The van der Waals surface area contributed by atoms with Gasteiger partial charge in [0.1, 0.15) is 0 Å². The Labute approximate surface area is 147 Å². The summed E-state index contributed by atoms with van der Waals surface area (Å²) in [5.41, 5.74) is 1.99. The number of carbonyl (C=O) groups is 2. The molecule has 0 bridgehead atoms. The minimum atomic E-state index is -0.319. The molecule has 1 atom stereocenters. The van der Waals surface area contributed by atoms with Crippen LogP contribution >= 0.6 is 0 Å². The number of urea groups is 1. The van der Waals surface area contributed by atoms with Crippen molar-refractivity contribution in [2.45, 2.75) is 13.0 Å². The summed E-state index contributed by atoms with van der Waals surface area (Å²) in [7, 11) is 0. The maximum atomic E-state index is 12.6. The van der Waals surface area contributed by atoms with Gasteiger partial charge in [-0.3, -0.25) is 4.79 Å². The van der Waals surface area contributed by atoms with Crippen LogP contribution in [0.4, 0.5) is 16.2 Å². The smallest absolute Gasteiger partial charge is 0.323 e. The zero-order valence-electron chi connectivity index (χ0n) is 14.2. The number of carbonyl (C=O) groups excluding carboxylic acids is 2. The predicted octanol–water partition coefficient (Wildman–Crippen LogP) is 2.76. The van der Waals surface area contributed by atoms with Crippen LogP contribution in [0.5, 0.6) is 0 Å². The van der Waals surface area contributed by atoms with Gasteiger partial charge in [-0.15, -0.1) is 0 Å². The Bertz CT molecular complexity index is 731. The summed E-state index contributed by atoms with van der Waals surface area (Å²) in [4.78, 5) is 26.4. The SMILES string of the molecule is C[C@H]1CNCCN1C(=O)c1ccc(NC(=O)Nc2ccccc2)cc1. The summed E-state index contributed by atoms with van der Waals surface area (Å²) in [6, 6.07) is 16.1. The molecule has 3 rings (SSSR count). The molecule has 0 radical (unpaired) electrons. The van der Waals surface area contributed by atoms with E-state index >= 15 is 0 Å². The second-order valence-corrected chi connectivity index (χ2v) is 6.07. The Balaban J connectivity index is 1.60. The van der Waals surface area contributed by atoms with Gasteiger partial charge in [0.25, 0.3) is 5.91 Å². The molecule has 6 heteroatoms. The van der Waals surface area contributed by atoms with Crippen LogP contribution in [-0.2, 0) is 0 Å². The van der Waals surface area contributed by atoms with Crippen LogP contribution < -0.4 is 16.0 Å². The Morgan fingerprint density at radius 1 is 1.00 bits per heavy atom. The molecular weight excluding hydrogens is 316 g/mol. The fourth-order valence-corrected chi connectivity index (χ4v) is 2.82. The molecule has 0 saturated carbocycles. The molecule has 1 aliphatic heterocycles. The van der Waals surface area contributed by atoms with Crippen LogP contribution in [0.25, 0.3) is 0 Å². The lowest BCUT2D eigenvalue weighted by molar-refractivity contribution is 0.0656. The van der Waals surface area contributed by atoms with Gasteiger partial charge < -0.3 is 20.9 Å². The number of hydrogen-bond acceptors (Lipinski definition) is 3. The van der Waals surface area contributed by atoms with Crippen molar-refractivity contribution in [2.24, 2.45) is 0 Å². The Morgan fingerprint density at radius 2 is 1.64 bits per heavy atom. The average Bonchev–Trinajstić information content (AvgIpc) is 2.63. The van der Waals surface area contributed by atoms with Crippen molar-refractivity contribution in [2.75, 3.05) is 30.3 Å². The number of nitrogens with one attached hydrogen (secondary N) is 3. The van der Waals surface area contributed by atoms with E-state index in [9.17, 15) is 9.59 Å². The van der Waals surface area contributed by atoms with Crippen LogP contribution in [0.3, 0.4) is 0 Å². The lowest BCUT2D eigenvalue weighted by Gasteiger charge is -2.34. The normalized spacial score (nSPS) is 17.0. The number of anilines is 2. The van der Waals surface area contributed by atoms with Crippen molar-refractivity contribution in [3.8, 4) is 0 Å². The van der Waals surface area contributed by atoms with E-state index in [4.69, 9.17) is 0 Å². The van der Waals surface area contributed by atoms with E-state index in [2.05, 4.69) is 16.0 Å². The molecule has 1 saturated heterocycles. The van der Waals surface area contributed by atoms with E-state index in [1.807, 2.05) is 42.2 Å². The third kappa shape index (κ3) is 4.36. The number of rotatable bonds is 3. The number of piperazine rings is 1. The van der Waals surface area contributed by atoms with Gasteiger partial charge in [-0.05, 0) is 43.3 Å². The first kappa shape index (κ1) is 17.0. The standard InChI is InChI=1S/C19H22N4O2/c1-14-13-20-11-12-23(14)18(24)15-7-9-17(10-8-15)22-19(25)21-16-5-3-2-4-6-16/h2-10,14,20H,11-13H2,1H3,(H2,21,22,25)/t14-/m0/s1. The van der Waals surface area contributed by atoms with Gasteiger partial charge in [0.15, 0.2) is 0 Å². The lowest BCUT2D eigenvalue weighted by atomic mass is 10.1. The number of hydrogen-bond donors (Lipinski definition) is 3. The minimum Gasteiger partial charge on any atom is -0.333 e. The second-order valence-electron chi connectivity index (χ2n) is 6.07. The van der Waals surface area contributed by atoms with Gasteiger partial charge in [-0.2, -0.15) is 0 Å². The van der Waals surface area contributed by atoms with Crippen molar-refractivity contribution >= 4 is 23.3 Å². The monoisotopic (exact) mass is 338 g/mol. The molecule has 0 aliphatic carbocycles. The summed E-state index contributed by atoms with van der Waals surface area (Å²) >= 11 is 0. The highest BCUT2D eigenvalue weighted by Crippen LogP contribution is 2.15. The molecule has 3 amide bonds. The Hall–Kier alpha value is -2.86. The first-order valence-electron chi connectivity index (χ1n) is 8.38. The largest absolute Gasteiger partial charge is 0.333 e. The number of nitrogens with zero attached hydrogens (tertiary/aromatic N) is 1. The first-order valence-corrected chi connectivity index (χ1v) is 8.38. The highest BCUT2D eigenvalue weighted by Gasteiger charge is 2.23. The molecule has 0 unspecified atom stereocenters. The summed E-state index contributed by atoms with van der Waals surface area (Å²) in [5, 5.41) is 8.79. The highest BCUT2D eigenvalue weighted by atomic mass is 16.2. The van der Waals surface area contributed by atoms with Crippen LogP contribution in [0.15, 0.2) is 54.6 Å². The quantitative estimate of drug-likeness (QED) is 0.806. The van der Waals surface area contributed by atoms with Gasteiger partial charge in [-0.25, -0.2) is 4.79 Å². The molecule has 130 valence electrons. The van der Waals surface area contributed by atoms with E-state index < -0.39 is 0 Å². The first-order chi connectivity index (χ1) is 12.1. The van der Waals surface area contributed by atoms with E-state index in [-0.39, 0.29) is 18.0 Å². The molecule has 6 nitrogen and oxygen atoms in total. The summed E-state index contributed by atoms with van der Waals surface area (Å²) in [5.74, 6) is 0.0225. The van der Waals surface area contributed by atoms with Gasteiger partial charge in [-0.1, -0.05) is 18.2 Å². The van der Waals surface area contributed by atoms with Gasteiger partial charge >= 0.3 is 6.03 Å². The van der Waals surface area contributed by atoms with Crippen molar-refractivity contribution in [3.05, 3.63) is 60.2 Å². The van der Waals surface area contributed by atoms with Gasteiger partial charge in [0.05, 0.1) is 0 Å². The third-order valence-electron chi connectivity index (χ3n) is 4.18. The predicted molar refractivity (Wildman–Crippen MR) is 98.9 cm³/mol. The molecule has 2 aromatic carbocycles. The third-order valence-corrected chi connectivity index (χ3v) is 4.18. The summed E-state index contributed by atoms with van der Waals surface area (Å²) in [6.45, 7) is 4.37. The summed E-state index contributed by atoms with van der Waals surface area (Å²) in [6.07, 6.45) is 0. The molecule has 3 N–H and O–H groups in total. The van der Waals surface area contributed by atoms with Gasteiger partial charge in [0.2, 0.25) is 0 Å². The van der Waals surface area contributed by atoms with Gasteiger partial charge in [0, 0.05) is 42.6 Å². The molecule has 0 aromatic heterocycles. The van der Waals surface area contributed by atoms with E-state index in [1.54, 1.807) is 24.3 Å². The molecule has 0 spiro atoms. The molecule has 25 heavy (non-hydrogen) atoms. The molecular formula is C19H22N4O2. The van der Waals surface area contributed by atoms with Crippen LogP contribution in [0.1, 0.15) is 17.3 Å². The minimum absolute atomic E-state index is 0.0225. The number of benzene rings is 2. The molecule has 1 aliphatic rings. The van der Waals surface area contributed by atoms with Crippen molar-refractivity contribution in [1.29, 1.82) is 0 Å². The van der Waals surface area contributed by atoms with Crippen molar-refractivity contribution in [3.63, 3.8) is 0 Å².